The Balaban J connectivity index is 2.76. The van der Waals surface area contributed by atoms with Crippen LogP contribution in [-0.2, 0) is 0 Å². The second-order valence-corrected chi connectivity index (χ2v) is 3.94. The monoisotopic (exact) mass is 207 g/mol. The van der Waals surface area contributed by atoms with Crippen LogP contribution in [0.5, 0.6) is 0 Å². The molecule has 0 aromatic rings. The summed E-state index contributed by atoms with van der Waals surface area (Å²) in [6, 6.07) is 2.18. The van der Waals surface area contributed by atoms with Crippen molar-refractivity contribution in [1.82, 2.24) is 0 Å². The second kappa shape index (κ2) is 4.87. The summed E-state index contributed by atoms with van der Waals surface area (Å²) in [6.45, 7) is 2.03. The molecular formula is C10H13N3S. The molecule has 0 aliphatic heterocycles. The average molecular weight is 207 g/mol. The fraction of sp³-hybridized carbons (Fsp3) is 0.400. The quantitative estimate of drug-likeness (QED) is 0.525. The molecule has 1 aliphatic rings. The van der Waals surface area contributed by atoms with Crippen LogP contribution >= 0.6 is 11.8 Å². The van der Waals surface area contributed by atoms with Gasteiger partial charge >= 0.3 is 0 Å². The first kappa shape index (κ1) is 10.9. The molecule has 0 saturated carbocycles. The van der Waals surface area contributed by atoms with Gasteiger partial charge in [0, 0.05) is 11.5 Å². The first-order valence-electron chi connectivity index (χ1n) is 4.34. The SMILES string of the molecule is CSC(N)=NC1C=CC(C#N)=CC1C. The lowest BCUT2D eigenvalue weighted by Gasteiger charge is -2.17. The topological polar surface area (TPSA) is 62.2 Å². The zero-order valence-corrected chi connectivity index (χ0v) is 9.08. The minimum absolute atomic E-state index is 0.0690. The molecule has 0 saturated heterocycles. The van der Waals surface area contributed by atoms with Crippen LogP contribution in [0.3, 0.4) is 0 Å². The second-order valence-electron chi connectivity index (χ2n) is 3.11. The fourth-order valence-electron chi connectivity index (χ4n) is 1.25. The highest BCUT2D eigenvalue weighted by Crippen LogP contribution is 2.19. The maximum Gasteiger partial charge on any atom is 0.154 e. The number of hydrogen-bond acceptors (Lipinski definition) is 3. The maximum atomic E-state index is 8.69. The molecule has 0 bridgehead atoms. The van der Waals surface area contributed by atoms with Crippen molar-refractivity contribution in [1.29, 1.82) is 5.26 Å². The molecule has 0 amide bonds. The summed E-state index contributed by atoms with van der Waals surface area (Å²) < 4.78 is 0. The number of nitriles is 1. The van der Waals surface area contributed by atoms with Crippen LogP contribution in [0.4, 0.5) is 0 Å². The summed E-state index contributed by atoms with van der Waals surface area (Å²) in [5.41, 5.74) is 6.33. The predicted molar refractivity (Wildman–Crippen MR) is 60.9 cm³/mol. The largest absolute Gasteiger partial charge is 0.379 e. The van der Waals surface area contributed by atoms with Crippen LogP contribution in [0.15, 0.2) is 28.8 Å². The maximum absolute atomic E-state index is 8.69. The molecular weight excluding hydrogens is 194 g/mol. The molecule has 4 heteroatoms. The number of aliphatic imine (C=N–C) groups is 1. The van der Waals surface area contributed by atoms with Gasteiger partial charge in [-0.1, -0.05) is 30.8 Å². The smallest absolute Gasteiger partial charge is 0.154 e. The summed E-state index contributed by atoms with van der Waals surface area (Å²) in [4.78, 5) is 4.32. The standard InChI is InChI=1S/C10H13N3S/c1-7-5-8(6-11)3-4-9(7)13-10(12)14-2/h3-5,7,9H,1-2H3,(H2,12,13). The van der Waals surface area contributed by atoms with Crippen molar-refractivity contribution in [2.45, 2.75) is 13.0 Å². The molecule has 2 unspecified atom stereocenters. The van der Waals surface area contributed by atoms with E-state index in [1.165, 1.54) is 11.8 Å². The van der Waals surface area contributed by atoms with E-state index in [1.54, 1.807) is 6.08 Å². The molecule has 0 radical (unpaired) electrons. The molecule has 0 fully saturated rings. The molecule has 2 atom stereocenters. The number of nitrogens with zero attached hydrogens (tertiary/aromatic N) is 2. The zero-order valence-electron chi connectivity index (χ0n) is 8.27. The van der Waals surface area contributed by atoms with Crippen molar-refractivity contribution >= 4 is 16.9 Å². The summed E-state index contributed by atoms with van der Waals surface area (Å²) in [6.07, 6.45) is 7.53. The van der Waals surface area contributed by atoms with E-state index in [4.69, 9.17) is 11.0 Å². The molecule has 74 valence electrons. The summed E-state index contributed by atoms with van der Waals surface area (Å²) >= 11 is 1.44. The Labute approximate surface area is 88.4 Å². The van der Waals surface area contributed by atoms with Crippen LogP contribution in [0.25, 0.3) is 0 Å². The highest BCUT2D eigenvalue weighted by molar-refractivity contribution is 8.13. The minimum atomic E-state index is 0.0690. The van der Waals surface area contributed by atoms with E-state index in [1.807, 2.05) is 25.3 Å². The summed E-state index contributed by atoms with van der Waals surface area (Å²) in [7, 11) is 0. The van der Waals surface area contributed by atoms with E-state index in [0.717, 1.165) is 0 Å². The van der Waals surface area contributed by atoms with Gasteiger partial charge in [0.15, 0.2) is 5.17 Å². The third-order valence-electron chi connectivity index (χ3n) is 2.07. The van der Waals surface area contributed by atoms with E-state index in [2.05, 4.69) is 11.1 Å². The molecule has 2 N–H and O–H groups in total. The Morgan fingerprint density at radius 3 is 2.93 bits per heavy atom. The Morgan fingerprint density at radius 1 is 1.71 bits per heavy atom. The molecule has 3 nitrogen and oxygen atoms in total. The molecule has 0 aromatic heterocycles. The van der Waals surface area contributed by atoms with Gasteiger partial charge in [-0.25, -0.2) is 0 Å². The van der Waals surface area contributed by atoms with Gasteiger partial charge in [-0.3, -0.25) is 4.99 Å². The lowest BCUT2D eigenvalue weighted by molar-refractivity contribution is 0.625. The number of allylic oxidation sites excluding steroid dienone is 2. The molecule has 1 rings (SSSR count). The summed E-state index contributed by atoms with van der Waals surface area (Å²) in [5, 5.41) is 9.27. The molecule has 1 aliphatic carbocycles. The van der Waals surface area contributed by atoms with Crippen molar-refractivity contribution in [3.8, 4) is 6.07 Å². The average Bonchev–Trinajstić information content (AvgIpc) is 2.20. The van der Waals surface area contributed by atoms with E-state index >= 15 is 0 Å². The van der Waals surface area contributed by atoms with Crippen molar-refractivity contribution < 1.29 is 0 Å². The molecule has 0 heterocycles. The van der Waals surface area contributed by atoms with Gasteiger partial charge in [-0.2, -0.15) is 5.26 Å². The first-order valence-corrected chi connectivity index (χ1v) is 5.57. The molecule has 0 aromatic carbocycles. The van der Waals surface area contributed by atoms with Gasteiger partial charge < -0.3 is 5.73 Å². The number of hydrogen-bond donors (Lipinski definition) is 1. The van der Waals surface area contributed by atoms with Gasteiger partial charge in [0.05, 0.1) is 12.1 Å². The Morgan fingerprint density at radius 2 is 2.43 bits per heavy atom. The van der Waals surface area contributed by atoms with E-state index in [0.29, 0.717) is 10.7 Å². The van der Waals surface area contributed by atoms with Crippen LogP contribution in [-0.4, -0.2) is 17.5 Å². The molecule has 0 spiro atoms. The van der Waals surface area contributed by atoms with Crippen LogP contribution in [0.2, 0.25) is 0 Å². The fourth-order valence-corrected chi connectivity index (χ4v) is 1.48. The van der Waals surface area contributed by atoms with Crippen LogP contribution in [0.1, 0.15) is 6.92 Å². The minimum Gasteiger partial charge on any atom is -0.379 e. The van der Waals surface area contributed by atoms with Crippen LogP contribution < -0.4 is 5.73 Å². The zero-order chi connectivity index (χ0) is 10.6. The number of rotatable bonds is 1. The first-order chi connectivity index (χ1) is 6.67. The Bertz CT molecular complexity index is 336. The third-order valence-corrected chi connectivity index (χ3v) is 2.59. The summed E-state index contributed by atoms with van der Waals surface area (Å²) in [5.74, 6) is 0.236. The van der Waals surface area contributed by atoms with Gasteiger partial charge in [-0.05, 0) is 12.3 Å². The van der Waals surface area contributed by atoms with Crippen molar-refractivity contribution in [3.05, 3.63) is 23.8 Å². The Hall–Kier alpha value is -1.21. The van der Waals surface area contributed by atoms with Gasteiger partial charge in [0.25, 0.3) is 0 Å². The van der Waals surface area contributed by atoms with Gasteiger partial charge in [-0.15, -0.1) is 0 Å². The number of thioether (sulfide) groups is 1. The van der Waals surface area contributed by atoms with Gasteiger partial charge in [0.2, 0.25) is 0 Å². The Kier molecular flexibility index (Phi) is 3.78. The van der Waals surface area contributed by atoms with Crippen molar-refractivity contribution in [3.63, 3.8) is 0 Å². The van der Waals surface area contributed by atoms with Crippen molar-refractivity contribution in [2.75, 3.05) is 6.26 Å². The van der Waals surface area contributed by atoms with Crippen molar-refractivity contribution in [2.24, 2.45) is 16.6 Å². The highest BCUT2D eigenvalue weighted by atomic mass is 32.2. The third kappa shape index (κ3) is 2.64. The van der Waals surface area contributed by atoms with E-state index in [9.17, 15) is 0 Å². The van der Waals surface area contributed by atoms with E-state index in [-0.39, 0.29) is 12.0 Å². The van der Waals surface area contributed by atoms with Crippen LogP contribution in [0, 0.1) is 17.2 Å². The highest BCUT2D eigenvalue weighted by Gasteiger charge is 2.15. The lowest BCUT2D eigenvalue weighted by Crippen LogP contribution is -2.19. The lowest BCUT2D eigenvalue weighted by atomic mass is 9.94. The van der Waals surface area contributed by atoms with Gasteiger partial charge in [0.1, 0.15) is 0 Å². The number of nitrogens with two attached hydrogens (primary N) is 1. The predicted octanol–water partition coefficient (Wildman–Crippen LogP) is 1.69. The normalized spacial score (nSPS) is 26.9. The number of amidine groups is 1. The van der Waals surface area contributed by atoms with E-state index < -0.39 is 0 Å². The molecule has 14 heavy (non-hydrogen) atoms.